The Morgan fingerprint density at radius 3 is 1.30 bits per heavy atom. The van der Waals surface area contributed by atoms with E-state index >= 15 is 0 Å². The lowest BCUT2D eigenvalue weighted by Crippen LogP contribution is -2.48. The van der Waals surface area contributed by atoms with Gasteiger partial charge in [0.2, 0.25) is 0 Å². The molecule has 8 unspecified atom stereocenters. The Hall–Kier alpha value is -0.0800. The topological polar surface area (TPSA) is 40.5 Å². The molecule has 0 bridgehead atoms. The number of rotatable bonds is 3. The maximum absolute atomic E-state index is 10.8. The standard InChI is InChI=1S/C25H48O2/c1-10-17(18-13-20(24(4,5)6)22(26)11-15(18)2)19-14-21(25(7,8)9)23(27)12-16(19)3/h15-23,26-27H,10-14H2,1-9H3. The van der Waals surface area contributed by atoms with Crippen LogP contribution < -0.4 is 0 Å². The molecule has 8 atom stereocenters. The summed E-state index contributed by atoms with van der Waals surface area (Å²) in [7, 11) is 0. The van der Waals surface area contributed by atoms with Crippen LogP contribution in [0.1, 0.15) is 94.4 Å². The van der Waals surface area contributed by atoms with Crippen molar-refractivity contribution in [2.24, 2.45) is 52.3 Å². The maximum atomic E-state index is 10.8. The number of aliphatic hydroxyl groups excluding tert-OH is 2. The summed E-state index contributed by atoms with van der Waals surface area (Å²) in [5.74, 6) is 4.10. The Bertz CT molecular complexity index is 430. The van der Waals surface area contributed by atoms with E-state index in [1.54, 1.807) is 0 Å². The molecule has 0 heterocycles. The highest BCUT2D eigenvalue weighted by Crippen LogP contribution is 2.52. The number of hydrogen-bond donors (Lipinski definition) is 2. The predicted octanol–water partition coefficient (Wildman–Crippen LogP) is 6.15. The Morgan fingerprint density at radius 2 is 1.04 bits per heavy atom. The minimum Gasteiger partial charge on any atom is -0.393 e. The van der Waals surface area contributed by atoms with Crippen molar-refractivity contribution < 1.29 is 10.2 Å². The zero-order valence-electron chi connectivity index (χ0n) is 19.6. The van der Waals surface area contributed by atoms with Gasteiger partial charge in [-0.1, -0.05) is 68.7 Å². The van der Waals surface area contributed by atoms with E-state index in [1.165, 1.54) is 6.42 Å². The van der Waals surface area contributed by atoms with Crippen LogP contribution in [0.25, 0.3) is 0 Å². The zero-order chi connectivity index (χ0) is 20.7. The molecule has 160 valence electrons. The van der Waals surface area contributed by atoms with Gasteiger partial charge in [0.05, 0.1) is 12.2 Å². The molecule has 2 aliphatic carbocycles. The van der Waals surface area contributed by atoms with Gasteiger partial charge >= 0.3 is 0 Å². The van der Waals surface area contributed by atoms with Gasteiger partial charge in [0, 0.05) is 0 Å². The van der Waals surface area contributed by atoms with Gasteiger partial charge in [0.15, 0.2) is 0 Å². The second kappa shape index (κ2) is 8.34. The van der Waals surface area contributed by atoms with E-state index < -0.39 is 0 Å². The molecule has 0 aromatic rings. The summed E-state index contributed by atoms with van der Waals surface area (Å²) in [6.45, 7) is 20.9. The minimum absolute atomic E-state index is 0.151. The van der Waals surface area contributed by atoms with Gasteiger partial charge < -0.3 is 10.2 Å². The van der Waals surface area contributed by atoms with Crippen molar-refractivity contribution in [1.29, 1.82) is 0 Å². The predicted molar refractivity (Wildman–Crippen MR) is 115 cm³/mol. The highest BCUT2D eigenvalue weighted by Gasteiger charge is 2.47. The fourth-order valence-corrected chi connectivity index (χ4v) is 6.78. The largest absolute Gasteiger partial charge is 0.393 e. The normalized spacial score (nSPS) is 42.8. The SMILES string of the molecule is CCC(C1CC(C(C)(C)C)C(O)CC1C)C1CC(C(C)(C)C)C(O)CC1C. The quantitative estimate of drug-likeness (QED) is 0.616. The summed E-state index contributed by atoms with van der Waals surface area (Å²) < 4.78 is 0. The Labute approximate surface area is 169 Å². The van der Waals surface area contributed by atoms with E-state index in [4.69, 9.17) is 0 Å². The molecule has 0 radical (unpaired) electrons. The number of aliphatic hydroxyl groups is 2. The molecule has 0 amide bonds. The zero-order valence-corrected chi connectivity index (χ0v) is 19.6. The van der Waals surface area contributed by atoms with Crippen LogP contribution in [0.15, 0.2) is 0 Å². The molecule has 0 aromatic heterocycles. The lowest BCUT2D eigenvalue weighted by atomic mass is 9.55. The van der Waals surface area contributed by atoms with Gasteiger partial charge in [-0.3, -0.25) is 0 Å². The first-order valence-corrected chi connectivity index (χ1v) is 11.6. The fraction of sp³-hybridized carbons (Fsp3) is 1.00. The molecule has 0 aliphatic heterocycles. The molecule has 2 rings (SSSR count). The van der Waals surface area contributed by atoms with Gasteiger partial charge in [-0.15, -0.1) is 0 Å². The number of hydrogen-bond acceptors (Lipinski definition) is 2. The lowest BCUT2D eigenvalue weighted by molar-refractivity contribution is -0.0816. The molecule has 0 saturated heterocycles. The second-order valence-corrected chi connectivity index (χ2v) is 12.4. The highest BCUT2D eigenvalue weighted by molar-refractivity contribution is 4.97. The highest BCUT2D eigenvalue weighted by atomic mass is 16.3. The van der Waals surface area contributed by atoms with Crippen molar-refractivity contribution in [2.75, 3.05) is 0 Å². The summed E-state index contributed by atoms with van der Waals surface area (Å²) in [4.78, 5) is 0. The molecular formula is C25H48O2. The van der Waals surface area contributed by atoms with Gasteiger partial charge in [0.25, 0.3) is 0 Å². The van der Waals surface area contributed by atoms with Crippen LogP contribution in [-0.4, -0.2) is 22.4 Å². The summed E-state index contributed by atoms with van der Waals surface area (Å²) >= 11 is 0. The molecule has 2 fully saturated rings. The van der Waals surface area contributed by atoms with Gasteiger partial charge in [0.1, 0.15) is 0 Å². The van der Waals surface area contributed by atoms with Crippen LogP contribution >= 0.6 is 0 Å². The van der Waals surface area contributed by atoms with Gasteiger partial charge in [-0.25, -0.2) is 0 Å². The van der Waals surface area contributed by atoms with E-state index in [9.17, 15) is 10.2 Å². The third-order valence-electron chi connectivity index (χ3n) is 8.47. The van der Waals surface area contributed by atoms with E-state index in [0.29, 0.717) is 41.4 Å². The van der Waals surface area contributed by atoms with E-state index in [1.807, 2.05) is 0 Å². The van der Waals surface area contributed by atoms with Crippen molar-refractivity contribution >= 4 is 0 Å². The van der Waals surface area contributed by atoms with Gasteiger partial charge in [-0.05, 0) is 77.9 Å². The molecule has 2 saturated carbocycles. The van der Waals surface area contributed by atoms with E-state index in [-0.39, 0.29) is 23.0 Å². The first kappa shape index (κ1) is 23.2. The van der Waals surface area contributed by atoms with Crippen LogP contribution in [0.4, 0.5) is 0 Å². The molecular weight excluding hydrogens is 332 g/mol. The minimum atomic E-state index is -0.151. The van der Waals surface area contributed by atoms with Crippen LogP contribution in [0.3, 0.4) is 0 Å². The molecule has 0 aromatic carbocycles. The monoisotopic (exact) mass is 380 g/mol. The fourth-order valence-electron chi connectivity index (χ4n) is 6.78. The van der Waals surface area contributed by atoms with Crippen LogP contribution in [0.2, 0.25) is 0 Å². The molecule has 2 heteroatoms. The van der Waals surface area contributed by atoms with Crippen molar-refractivity contribution in [3.05, 3.63) is 0 Å². The van der Waals surface area contributed by atoms with Crippen molar-refractivity contribution in [3.63, 3.8) is 0 Å². The Kier molecular flexibility index (Phi) is 7.17. The second-order valence-electron chi connectivity index (χ2n) is 12.4. The third kappa shape index (κ3) is 5.10. The van der Waals surface area contributed by atoms with Crippen LogP contribution in [0, 0.1) is 52.3 Å². The third-order valence-corrected chi connectivity index (χ3v) is 8.47. The first-order valence-electron chi connectivity index (χ1n) is 11.6. The summed E-state index contributed by atoms with van der Waals surface area (Å²) in [5.41, 5.74) is 0.330. The van der Waals surface area contributed by atoms with Crippen molar-refractivity contribution in [3.8, 4) is 0 Å². The molecule has 2 N–H and O–H groups in total. The van der Waals surface area contributed by atoms with E-state index in [0.717, 1.165) is 25.7 Å². The average Bonchev–Trinajstić information content (AvgIpc) is 2.48. The maximum Gasteiger partial charge on any atom is 0.0576 e. The summed E-state index contributed by atoms with van der Waals surface area (Å²) in [6, 6.07) is 0. The van der Waals surface area contributed by atoms with Crippen molar-refractivity contribution in [2.45, 2.75) is 107 Å². The first-order chi connectivity index (χ1) is 12.3. The smallest absolute Gasteiger partial charge is 0.0576 e. The van der Waals surface area contributed by atoms with Crippen LogP contribution in [0.5, 0.6) is 0 Å². The molecule has 2 aliphatic rings. The Morgan fingerprint density at radius 1 is 0.704 bits per heavy atom. The lowest BCUT2D eigenvalue weighted by Gasteiger charge is -2.52. The van der Waals surface area contributed by atoms with Crippen molar-refractivity contribution in [1.82, 2.24) is 0 Å². The van der Waals surface area contributed by atoms with Gasteiger partial charge in [-0.2, -0.15) is 0 Å². The van der Waals surface area contributed by atoms with Crippen LogP contribution in [-0.2, 0) is 0 Å². The average molecular weight is 381 g/mol. The molecule has 0 spiro atoms. The van der Waals surface area contributed by atoms with E-state index in [2.05, 4.69) is 62.3 Å². The summed E-state index contributed by atoms with van der Waals surface area (Å²) in [6.07, 6.45) is 5.16. The Balaban J connectivity index is 2.25. The molecule has 27 heavy (non-hydrogen) atoms. The molecule has 2 nitrogen and oxygen atoms in total. The summed E-state index contributed by atoms with van der Waals surface area (Å²) in [5, 5.41) is 21.5.